The Balaban J connectivity index is 2.33. The van der Waals surface area contributed by atoms with E-state index in [2.05, 4.69) is 0 Å². The molecule has 4 heteroatoms. The number of carbonyl (C=O) groups excluding carboxylic acids is 1. The second-order valence-electron chi connectivity index (χ2n) is 2.88. The Morgan fingerprint density at radius 3 is 3.08 bits per heavy atom. The quantitative estimate of drug-likeness (QED) is 0.492. The van der Waals surface area contributed by atoms with Gasteiger partial charge in [0.2, 0.25) is 0 Å². The summed E-state index contributed by atoms with van der Waals surface area (Å²) < 4.78 is 5.26. The maximum Gasteiger partial charge on any atom is 0.254 e. The number of amides is 1. The summed E-state index contributed by atoms with van der Waals surface area (Å²) in [7, 11) is 0. The standard InChI is InChI=1S/C9H9NO3/c11-9(10-12)7-5-13-8-4-2-1-3-6(7)8/h1-4,7,12H,5H2,(H,10,11). The van der Waals surface area contributed by atoms with E-state index in [-0.39, 0.29) is 5.92 Å². The second-order valence-corrected chi connectivity index (χ2v) is 2.88. The van der Waals surface area contributed by atoms with E-state index in [0.29, 0.717) is 6.61 Å². The summed E-state index contributed by atoms with van der Waals surface area (Å²) in [6, 6.07) is 7.31. The molecule has 1 atom stereocenters. The summed E-state index contributed by atoms with van der Waals surface area (Å²) in [4.78, 5) is 11.1. The summed E-state index contributed by atoms with van der Waals surface area (Å²) in [5.74, 6) is -0.0951. The molecule has 1 unspecified atom stereocenters. The van der Waals surface area contributed by atoms with E-state index < -0.39 is 5.91 Å². The number of para-hydroxylation sites is 1. The first kappa shape index (κ1) is 8.07. The number of hydroxylamine groups is 1. The Labute approximate surface area is 75.1 Å². The monoisotopic (exact) mass is 179 g/mol. The minimum absolute atomic E-state index is 0.297. The molecule has 1 aromatic carbocycles. The van der Waals surface area contributed by atoms with Gasteiger partial charge in [0.05, 0.1) is 0 Å². The SMILES string of the molecule is O=C(NO)C1COc2ccccc21. The highest BCUT2D eigenvalue weighted by molar-refractivity contribution is 5.84. The summed E-state index contributed by atoms with van der Waals surface area (Å²) in [5, 5.41) is 8.47. The van der Waals surface area contributed by atoms with E-state index in [4.69, 9.17) is 9.94 Å². The van der Waals surface area contributed by atoms with Crippen LogP contribution in [0.2, 0.25) is 0 Å². The molecule has 1 heterocycles. The van der Waals surface area contributed by atoms with Gasteiger partial charge in [0.1, 0.15) is 18.3 Å². The molecule has 13 heavy (non-hydrogen) atoms. The van der Waals surface area contributed by atoms with Gasteiger partial charge in [-0.1, -0.05) is 18.2 Å². The summed E-state index contributed by atoms with van der Waals surface area (Å²) in [5.41, 5.74) is 2.46. The van der Waals surface area contributed by atoms with Crippen molar-refractivity contribution in [1.29, 1.82) is 0 Å². The first-order valence-electron chi connectivity index (χ1n) is 3.98. The summed E-state index contributed by atoms with van der Waals surface area (Å²) >= 11 is 0. The number of ether oxygens (including phenoxy) is 1. The number of fused-ring (bicyclic) bond motifs is 1. The van der Waals surface area contributed by atoms with E-state index in [1.165, 1.54) is 0 Å². The van der Waals surface area contributed by atoms with Gasteiger partial charge < -0.3 is 4.74 Å². The van der Waals surface area contributed by atoms with Crippen LogP contribution >= 0.6 is 0 Å². The minimum Gasteiger partial charge on any atom is -0.492 e. The Kier molecular flexibility index (Phi) is 1.90. The molecular weight excluding hydrogens is 170 g/mol. The average Bonchev–Trinajstić information content (AvgIpc) is 2.60. The van der Waals surface area contributed by atoms with Gasteiger partial charge >= 0.3 is 0 Å². The van der Waals surface area contributed by atoms with E-state index in [1.807, 2.05) is 18.2 Å². The third-order valence-corrected chi connectivity index (χ3v) is 2.13. The number of hydrogen-bond acceptors (Lipinski definition) is 3. The molecule has 2 rings (SSSR count). The van der Waals surface area contributed by atoms with Crippen molar-refractivity contribution in [1.82, 2.24) is 5.48 Å². The normalized spacial score (nSPS) is 19.0. The number of nitrogens with one attached hydrogen (secondary N) is 1. The molecule has 68 valence electrons. The number of benzene rings is 1. The van der Waals surface area contributed by atoms with Gasteiger partial charge in [0.15, 0.2) is 0 Å². The fourth-order valence-corrected chi connectivity index (χ4v) is 1.46. The molecule has 0 saturated carbocycles. The maximum atomic E-state index is 11.1. The van der Waals surface area contributed by atoms with Crippen LogP contribution in [0, 0.1) is 0 Å². The lowest BCUT2D eigenvalue weighted by Crippen LogP contribution is -2.27. The largest absolute Gasteiger partial charge is 0.492 e. The molecular formula is C9H9NO3. The van der Waals surface area contributed by atoms with Gasteiger partial charge in [-0.05, 0) is 6.07 Å². The third-order valence-electron chi connectivity index (χ3n) is 2.13. The van der Waals surface area contributed by atoms with Gasteiger partial charge in [-0.15, -0.1) is 0 Å². The Morgan fingerprint density at radius 1 is 1.54 bits per heavy atom. The van der Waals surface area contributed by atoms with Crippen molar-refractivity contribution in [2.24, 2.45) is 0 Å². The third kappa shape index (κ3) is 1.25. The van der Waals surface area contributed by atoms with Crippen molar-refractivity contribution in [2.45, 2.75) is 5.92 Å². The first-order valence-corrected chi connectivity index (χ1v) is 3.98. The summed E-state index contributed by atoms with van der Waals surface area (Å²) in [6.45, 7) is 0.297. The average molecular weight is 179 g/mol. The molecule has 0 bridgehead atoms. The number of rotatable bonds is 1. The van der Waals surface area contributed by atoms with Crippen LogP contribution in [0.25, 0.3) is 0 Å². The van der Waals surface area contributed by atoms with Gasteiger partial charge in [-0.3, -0.25) is 10.0 Å². The van der Waals surface area contributed by atoms with Crippen LogP contribution in [0.3, 0.4) is 0 Å². The van der Waals surface area contributed by atoms with Crippen molar-refractivity contribution in [3.8, 4) is 5.75 Å². The van der Waals surface area contributed by atoms with Crippen LogP contribution in [0.4, 0.5) is 0 Å². The van der Waals surface area contributed by atoms with E-state index >= 15 is 0 Å². The molecule has 1 aliphatic heterocycles. The van der Waals surface area contributed by atoms with Crippen molar-refractivity contribution < 1.29 is 14.7 Å². The highest BCUT2D eigenvalue weighted by Gasteiger charge is 2.29. The molecule has 0 fully saturated rings. The maximum absolute atomic E-state index is 11.1. The summed E-state index contributed by atoms with van der Waals surface area (Å²) in [6.07, 6.45) is 0. The lowest BCUT2D eigenvalue weighted by molar-refractivity contribution is -0.130. The highest BCUT2D eigenvalue weighted by Crippen LogP contribution is 2.33. The zero-order chi connectivity index (χ0) is 9.26. The molecule has 0 saturated heterocycles. The number of hydrogen-bond donors (Lipinski definition) is 2. The zero-order valence-electron chi connectivity index (χ0n) is 6.86. The molecule has 2 N–H and O–H groups in total. The molecule has 1 aromatic rings. The van der Waals surface area contributed by atoms with E-state index in [9.17, 15) is 4.79 Å². The van der Waals surface area contributed by atoms with Crippen molar-refractivity contribution >= 4 is 5.91 Å². The fourth-order valence-electron chi connectivity index (χ4n) is 1.46. The van der Waals surface area contributed by atoms with Gasteiger partial charge in [-0.25, -0.2) is 5.48 Å². The Hall–Kier alpha value is -1.55. The van der Waals surface area contributed by atoms with E-state index in [1.54, 1.807) is 11.5 Å². The van der Waals surface area contributed by atoms with Crippen LogP contribution in [0.1, 0.15) is 11.5 Å². The van der Waals surface area contributed by atoms with Crippen LogP contribution in [-0.2, 0) is 4.79 Å². The Morgan fingerprint density at radius 2 is 2.31 bits per heavy atom. The van der Waals surface area contributed by atoms with Crippen molar-refractivity contribution in [2.75, 3.05) is 6.61 Å². The van der Waals surface area contributed by atoms with E-state index in [0.717, 1.165) is 11.3 Å². The van der Waals surface area contributed by atoms with Crippen molar-refractivity contribution in [3.05, 3.63) is 29.8 Å². The predicted octanol–water partition coefficient (Wildman–Crippen LogP) is 0.668. The molecule has 0 spiro atoms. The molecule has 1 amide bonds. The Bertz CT molecular complexity index is 337. The molecule has 0 radical (unpaired) electrons. The first-order chi connectivity index (χ1) is 6.33. The van der Waals surface area contributed by atoms with Crippen molar-refractivity contribution in [3.63, 3.8) is 0 Å². The lowest BCUT2D eigenvalue weighted by atomic mass is 10.0. The zero-order valence-corrected chi connectivity index (χ0v) is 6.86. The lowest BCUT2D eigenvalue weighted by Gasteiger charge is -2.04. The predicted molar refractivity (Wildman–Crippen MR) is 44.6 cm³/mol. The second kappa shape index (κ2) is 3.06. The molecule has 4 nitrogen and oxygen atoms in total. The van der Waals surface area contributed by atoms with Gasteiger partial charge in [-0.2, -0.15) is 0 Å². The fraction of sp³-hybridized carbons (Fsp3) is 0.222. The number of carbonyl (C=O) groups is 1. The topological polar surface area (TPSA) is 58.6 Å². The van der Waals surface area contributed by atoms with Crippen LogP contribution in [0.15, 0.2) is 24.3 Å². The smallest absolute Gasteiger partial charge is 0.254 e. The van der Waals surface area contributed by atoms with Crippen LogP contribution < -0.4 is 10.2 Å². The molecule has 0 aliphatic carbocycles. The van der Waals surface area contributed by atoms with Gasteiger partial charge in [0.25, 0.3) is 5.91 Å². The molecule has 1 aliphatic rings. The highest BCUT2D eigenvalue weighted by atomic mass is 16.5. The minimum atomic E-state index is -0.426. The van der Waals surface area contributed by atoms with Gasteiger partial charge in [0, 0.05) is 5.56 Å². The van der Waals surface area contributed by atoms with Crippen LogP contribution in [-0.4, -0.2) is 17.7 Å². The van der Waals surface area contributed by atoms with Crippen LogP contribution in [0.5, 0.6) is 5.75 Å². The molecule has 0 aromatic heterocycles.